The van der Waals surface area contributed by atoms with E-state index < -0.39 is 5.97 Å². The lowest BCUT2D eigenvalue weighted by atomic mass is 9.97. The maximum absolute atomic E-state index is 12.8. The lowest BCUT2D eigenvalue weighted by molar-refractivity contribution is -0.137. The van der Waals surface area contributed by atoms with E-state index >= 15 is 0 Å². The van der Waals surface area contributed by atoms with Crippen LogP contribution in [-0.2, 0) is 14.3 Å². The third kappa shape index (κ3) is 3.74. The molecule has 2 heterocycles. The van der Waals surface area contributed by atoms with Crippen molar-refractivity contribution in [3.05, 3.63) is 29.8 Å². The third-order valence-electron chi connectivity index (χ3n) is 5.26. The van der Waals surface area contributed by atoms with Crippen LogP contribution in [0, 0.1) is 11.8 Å². The molecule has 2 saturated heterocycles. The number of ether oxygens (including phenoxy) is 1. The SMILES string of the molecule is CCOC(=O)c1ccccc1N1CC(C(=O)N2CCC(C)CC2)CC1=O. The Morgan fingerprint density at radius 1 is 1.19 bits per heavy atom. The molecule has 0 aliphatic carbocycles. The second-order valence-corrected chi connectivity index (χ2v) is 7.15. The average Bonchev–Trinajstić information content (AvgIpc) is 3.03. The number of esters is 1. The van der Waals surface area contributed by atoms with Gasteiger partial charge in [-0.2, -0.15) is 0 Å². The molecular weight excluding hydrogens is 332 g/mol. The number of piperidine rings is 1. The lowest BCUT2D eigenvalue weighted by Gasteiger charge is -2.32. The highest BCUT2D eigenvalue weighted by molar-refractivity contribution is 6.05. The second kappa shape index (κ2) is 7.89. The van der Waals surface area contributed by atoms with Crippen LogP contribution in [0.1, 0.15) is 43.5 Å². The summed E-state index contributed by atoms with van der Waals surface area (Å²) in [4.78, 5) is 41.0. The molecule has 1 aromatic rings. The summed E-state index contributed by atoms with van der Waals surface area (Å²) < 4.78 is 5.09. The number of likely N-dealkylation sites (tertiary alicyclic amines) is 1. The van der Waals surface area contributed by atoms with E-state index in [2.05, 4.69) is 6.92 Å². The zero-order chi connectivity index (χ0) is 18.7. The summed E-state index contributed by atoms with van der Waals surface area (Å²) >= 11 is 0. The lowest BCUT2D eigenvalue weighted by Crippen LogP contribution is -2.42. The van der Waals surface area contributed by atoms with Crippen LogP contribution in [0.3, 0.4) is 0 Å². The largest absolute Gasteiger partial charge is 0.462 e. The standard InChI is InChI=1S/C20H26N2O4/c1-3-26-20(25)16-6-4-5-7-17(16)22-13-15(12-18(22)23)19(24)21-10-8-14(2)9-11-21/h4-7,14-15H,3,8-13H2,1-2H3. The molecule has 3 rings (SSSR count). The van der Waals surface area contributed by atoms with Crippen molar-refractivity contribution in [1.82, 2.24) is 4.90 Å². The summed E-state index contributed by atoms with van der Waals surface area (Å²) in [5.74, 6) is -0.203. The van der Waals surface area contributed by atoms with E-state index in [4.69, 9.17) is 4.74 Å². The number of anilines is 1. The van der Waals surface area contributed by atoms with E-state index in [-0.39, 0.29) is 30.8 Å². The maximum Gasteiger partial charge on any atom is 0.340 e. The highest BCUT2D eigenvalue weighted by Crippen LogP contribution is 2.30. The van der Waals surface area contributed by atoms with Gasteiger partial charge in [0.1, 0.15) is 0 Å². The van der Waals surface area contributed by atoms with Gasteiger partial charge in [-0.3, -0.25) is 9.59 Å². The summed E-state index contributed by atoms with van der Waals surface area (Å²) in [5.41, 5.74) is 0.890. The van der Waals surface area contributed by atoms with Crippen molar-refractivity contribution in [3.8, 4) is 0 Å². The zero-order valence-electron chi connectivity index (χ0n) is 15.4. The van der Waals surface area contributed by atoms with Crippen LogP contribution in [0.25, 0.3) is 0 Å². The van der Waals surface area contributed by atoms with E-state index in [0.29, 0.717) is 23.7 Å². The summed E-state index contributed by atoms with van der Waals surface area (Å²) in [6, 6.07) is 6.92. The van der Waals surface area contributed by atoms with Crippen LogP contribution in [0.5, 0.6) is 0 Å². The summed E-state index contributed by atoms with van der Waals surface area (Å²) in [6.07, 6.45) is 2.23. The first-order chi connectivity index (χ1) is 12.5. The topological polar surface area (TPSA) is 66.9 Å². The molecule has 1 unspecified atom stereocenters. The minimum absolute atomic E-state index is 0.0568. The number of benzene rings is 1. The van der Waals surface area contributed by atoms with E-state index in [1.165, 1.54) is 0 Å². The maximum atomic E-state index is 12.8. The van der Waals surface area contributed by atoms with Gasteiger partial charge in [0, 0.05) is 26.1 Å². The van der Waals surface area contributed by atoms with Gasteiger partial charge < -0.3 is 14.5 Å². The van der Waals surface area contributed by atoms with Crippen LogP contribution in [0.4, 0.5) is 5.69 Å². The Balaban J connectivity index is 1.74. The first-order valence-electron chi connectivity index (χ1n) is 9.36. The highest BCUT2D eigenvalue weighted by Gasteiger charge is 2.39. The number of carbonyl (C=O) groups is 3. The summed E-state index contributed by atoms with van der Waals surface area (Å²) in [5, 5.41) is 0. The molecule has 2 aliphatic rings. The molecule has 0 saturated carbocycles. The van der Waals surface area contributed by atoms with Crippen LogP contribution in [0.15, 0.2) is 24.3 Å². The molecule has 2 aliphatic heterocycles. The fraction of sp³-hybridized carbons (Fsp3) is 0.550. The Labute approximate surface area is 154 Å². The Hall–Kier alpha value is -2.37. The Bertz CT molecular complexity index is 695. The summed E-state index contributed by atoms with van der Waals surface area (Å²) in [7, 11) is 0. The van der Waals surface area contributed by atoms with Gasteiger partial charge in [-0.25, -0.2) is 4.79 Å². The van der Waals surface area contributed by atoms with Crippen molar-refractivity contribution in [2.75, 3.05) is 31.1 Å². The molecule has 0 radical (unpaired) electrons. The van der Waals surface area contributed by atoms with Crippen molar-refractivity contribution in [3.63, 3.8) is 0 Å². The minimum Gasteiger partial charge on any atom is -0.462 e. The smallest absolute Gasteiger partial charge is 0.340 e. The van der Waals surface area contributed by atoms with Gasteiger partial charge in [0.25, 0.3) is 0 Å². The number of rotatable bonds is 4. The van der Waals surface area contributed by atoms with Crippen molar-refractivity contribution in [1.29, 1.82) is 0 Å². The predicted octanol–water partition coefficient (Wildman–Crippen LogP) is 2.47. The molecule has 0 aromatic heterocycles. The molecule has 0 bridgehead atoms. The van der Waals surface area contributed by atoms with E-state index in [0.717, 1.165) is 25.9 Å². The number of hydrogen-bond donors (Lipinski definition) is 0. The molecule has 1 aromatic carbocycles. The summed E-state index contributed by atoms with van der Waals surface area (Å²) in [6.45, 7) is 6.08. The third-order valence-corrected chi connectivity index (χ3v) is 5.26. The van der Waals surface area contributed by atoms with Gasteiger partial charge in [0.05, 0.1) is 23.8 Å². The number of carbonyl (C=O) groups excluding carboxylic acids is 3. The number of nitrogens with zero attached hydrogens (tertiary/aromatic N) is 2. The van der Waals surface area contributed by atoms with Gasteiger partial charge in [-0.1, -0.05) is 19.1 Å². The fourth-order valence-corrected chi connectivity index (χ4v) is 3.68. The molecule has 2 amide bonds. The van der Waals surface area contributed by atoms with Crippen molar-refractivity contribution in [2.45, 2.75) is 33.1 Å². The van der Waals surface area contributed by atoms with Gasteiger partial charge in [-0.15, -0.1) is 0 Å². The minimum atomic E-state index is -0.448. The van der Waals surface area contributed by atoms with E-state index in [1.54, 1.807) is 36.1 Å². The average molecular weight is 358 g/mol. The first kappa shape index (κ1) is 18.4. The molecule has 6 nitrogen and oxygen atoms in total. The quantitative estimate of drug-likeness (QED) is 0.776. The zero-order valence-corrected chi connectivity index (χ0v) is 15.4. The van der Waals surface area contributed by atoms with Crippen molar-refractivity contribution >= 4 is 23.5 Å². The Morgan fingerprint density at radius 2 is 1.88 bits per heavy atom. The Kier molecular flexibility index (Phi) is 5.59. The molecular formula is C20H26N2O4. The van der Waals surface area contributed by atoms with E-state index in [9.17, 15) is 14.4 Å². The van der Waals surface area contributed by atoms with Crippen molar-refractivity contribution < 1.29 is 19.1 Å². The fourth-order valence-electron chi connectivity index (χ4n) is 3.68. The van der Waals surface area contributed by atoms with Crippen LogP contribution >= 0.6 is 0 Å². The molecule has 0 N–H and O–H groups in total. The Morgan fingerprint density at radius 3 is 2.58 bits per heavy atom. The number of para-hydroxylation sites is 1. The monoisotopic (exact) mass is 358 g/mol. The molecule has 6 heteroatoms. The predicted molar refractivity (Wildman–Crippen MR) is 97.8 cm³/mol. The second-order valence-electron chi connectivity index (χ2n) is 7.15. The normalized spacial score (nSPS) is 21.2. The molecule has 26 heavy (non-hydrogen) atoms. The molecule has 2 fully saturated rings. The van der Waals surface area contributed by atoms with Gasteiger partial charge in [0.15, 0.2) is 0 Å². The van der Waals surface area contributed by atoms with Crippen LogP contribution in [-0.4, -0.2) is 48.9 Å². The molecule has 0 spiro atoms. The van der Waals surface area contributed by atoms with Gasteiger partial charge in [0.2, 0.25) is 11.8 Å². The van der Waals surface area contributed by atoms with Crippen molar-refractivity contribution in [2.24, 2.45) is 11.8 Å². The molecule has 1 atom stereocenters. The molecule has 140 valence electrons. The van der Waals surface area contributed by atoms with Gasteiger partial charge in [-0.05, 0) is 37.8 Å². The first-order valence-corrected chi connectivity index (χ1v) is 9.36. The van der Waals surface area contributed by atoms with Gasteiger partial charge >= 0.3 is 5.97 Å². The number of hydrogen-bond acceptors (Lipinski definition) is 4. The van der Waals surface area contributed by atoms with E-state index in [1.807, 2.05) is 4.90 Å². The van der Waals surface area contributed by atoms with Crippen LogP contribution in [0.2, 0.25) is 0 Å². The highest BCUT2D eigenvalue weighted by atomic mass is 16.5. The number of amides is 2. The van der Waals surface area contributed by atoms with Crippen LogP contribution < -0.4 is 4.90 Å².